The van der Waals surface area contributed by atoms with Gasteiger partial charge >= 0.3 is 0 Å². The minimum atomic E-state index is -0.348. The molecule has 0 saturated carbocycles. The quantitative estimate of drug-likeness (QED) is 0.163. The first-order valence-electron chi connectivity index (χ1n) is 30.5. The van der Waals surface area contributed by atoms with E-state index in [1.165, 1.54) is 134 Å². The van der Waals surface area contributed by atoms with Gasteiger partial charge in [-0.05, 0) is 207 Å². The van der Waals surface area contributed by atoms with Crippen LogP contribution in [0.3, 0.4) is 0 Å². The number of benzene rings is 8. The SMILES string of the molecule is Cc1cc(C)c2c(c1)C1(C)CCc3ccccc3C1(C)N2c1ccc2c(c1)N(c1ccc(C(C)(C)C)cc1C)c1cc(C(C)(C)C)cc3c1B2c1cc2c(cc1N3c1ccc(C(C)(C)C)cc1-c1ccccc1)C(C)(C)CCC2(C)C. The second-order valence-corrected chi connectivity index (χ2v) is 30.2. The van der Waals surface area contributed by atoms with E-state index in [0.29, 0.717) is 0 Å². The van der Waals surface area contributed by atoms with Crippen molar-refractivity contribution in [1.82, 2.24) is 0 Å². The van der Waals surface area contributed by atoms with Crippen LogP contribution < -0.4 is 31.1 Å². The molecule has 2 unspecified atom stereocenters. The summed E-state index contributed by atoms with van der Waals surface area (Å²) < 4.78 is 0. The number of fused-ring (bicyclic) bond motifs is 10. The third-order valence-corrected chi connectivity index (χ3v) is 20.9. The Morgan fingerprint density at radius 3 is 1.65 bits per heavy atom. The zero-order chi connectivity index (χ0) is 57.5. The number of nitrogens with zero attached hydrogens (tertiary/aromatic N) is 3. The van der Waals surface area contributed by atoms with Gasteiger partial charge in [-0.3, -0.25) is 0 Å². The zero-order valence-electron chi connectivity index (χ0n) is 52.1. The maximum Gasteiger partial charge on any atom is 0.252 e. The molecule has 13 rings (SSSR count). The first-order chi connectivity index (χ1) is 38.0. The van der Waals surface area contributed by atoms with Gasteiger partial charge in [0.2, 0.25) is 0 Å². The van der Waals surface area contributed by atoms with Crippen molar-refractivity contribution in [2.45, 2.75) is 188 Å². The first kappa shape index (κ1) is 53.5. The van der Waals surface area contributed by atoms with Crippen LogP contribution in [0, 0.1) is 20.8 Å². The van der Waals surface area contributed by atoms with Gasteiger partial charge in [0, 0.05) is 50.8 Å². The standard InChI is InChI=1S/C77H86BN3/c1-47-38-49(3)70-60(39-47)76(17)35-34-51-26-22-23-27-57(51)77(76,18)81(70)55-30-31-61-65(44-55)79(63-32-28-52(40-48(63)2)71(4,5)6)67-42-54(73(10,11)12)43-68-69(67)78(61)62-45-58-59(75(15,16)37-36-74(58,13)14)46-66(62)80(68)64-33-29-53(72(7,8)9)41-56(64)50-24-20-19-21-25-50/h19-33,38-46H,34-37H2,1-18H3. The lowest BCUT2D eigenvalue weighted by molar-refractivity contribution is 0.245. The summed E-state index contributed by atoms with van der Waals surface area (Å²) in [5.74, 6) is 0. The van der Waals surface area contributed by atoms with Crippen LogP contribution in [0.15, 0.2) is 146 Å². The summed E-state index contributed by atoms with van der Waals surface area (Å²) in [5.41, 5.74) is 31.4. The number of anilines is 8. The third kappa shape index (κ3) is 7.87. The van der Waals surface area contributed by atoms with Crippen molar-refractivity contribution in [3.05, 3.63) is 207 Å². The number of aryl methyl sites for hydroxylation is 4. The van der Waals surface area contributed by atoms with E-state index >= 15 is 0 Å². The molecule has 0 saturated heterocycles. The van der Waals surface area contributed by atoms with E-state index in [4.69, 9.17) is 0 Å². The molecule has 3 nitrogen and oxygen atoms in total. The number of hydrogen-bond donors (Lipinski definition) is 0. The average molecular weight is 1060 g/mol. The van der Waals surface area contributed by atoms with E-state index in [0.717, 1.165) is 25.7 Å². The van der Waals surface area contributed by atoms with Crippen LogP contribution in [0.2, 0.25) is 0 Å². The van der Waals surface area contributed by atoms with Crippen molar-refractivity contribution in [1.29, 1.82) is 0 Å². The van der Waals surface area contributed by atoms with Crippen molar-refractivity contribution in [2.75, 3.05) is 14.7 Å². The van der Waals surface area contributed by atoms with E-state index in [1.54, 1.807) is 0 Å². The summed E-state index contributed by atoms with van der Waals surface area (Å²) >= 11 is 0. The predicted molar refractivity (Wildman–Crippen MR) is 350 cm³/mol. The normalized spacial score (nSPS) is 20.2. The summed E-state index contributed by atoms with van der Waals surface area (Å²) in [6, 6.07) is 58.5. The van der Waals surface area contributed by atoms with Gasteiger partial charge < -0.3 is 14.7 Å². The molecule has 5 aliphatic rings. The van der Waals surface area contributed by atoms with E-state index in [2.05, 4.69) is 285 Å². The minimum Gasteiger partial charge on any atom is -0.330 e. The monoisotopic (exact) mass is 1060 g/mol. The largest absolute Gasteiger partial charge is 0.330 e. The molecule has 0 amide bonds. The van der Waals surface area contributed by atoms with Crippen molar-refractivity contribution >= 4 is 68.6 Å². The van der Waals surface area contributed by atoms with Crippen LogP contribution in [-0.4, -0.2) is 6.71 Å². The summed E-state index contributed by atoms with van der Waals surface area (Å²) in [5, 5.41) is 0. The molecule has 0 fully saturated rings. The molecular weight excluding hydrogens is 978 g/mol. The predicted octanol–water partition coefficient (Wildman–Crippen LogP) is 18.9. The van der Waals surface area contributed by atoms with Crippen LogP contribution in [0.1, 0.15) is 184 Å². The topological polar surface area (TPSA) is 9.72 Å². The van der Waals surface area contributed by atoms with Gasteiger partial charge in [-0.2, -0.15) is 0 Å². The van der Waals surface area contributed by atoms with Gasteiger partial charge in [-0.25, -0.2) is 0 Å². The molecule has 0 spiro atoms. The highest BCUT2D eigenvalue weighted by atomic mass is 15.3. The van der Waals surface area contributed by atoms with Crippen molar-refractivity contribution in [3.63, 3.8) is 0 Å². The van der Waals surface area contributed by atoms with Crippen molar-refractivity contribution in [3.8, 4) is 11.1 Å². The number of rotatable bonds is 4. The Kier molecular flexibility index (Phi) is 11.6. The van der Waals surface area contributed by atoms with Crippen molar-refractivity contribution in [2.24, 2.45) is 0 Å². The van der Waals surface area contributed by atoms with Crippen LogP contribution in [0.4, 0.5) is 45.5 Å². The van der Waals surface area contributed by atoms with Gasteiger partial charge in [0.1, 0.15) is 0 Å². The summed E-state index contributed by atoms with van der Waals surface area (Å²) in [7, 11) is 0. The highest BCUT2D eigenvalue weighted by Crippen LogP contribution is 2.65. The van der Waals surface area contributed by atoms with E-state index < -0.39 is 0 Å². The molecule has 4 heteroatoms. The van der Waals surface area contributed by atoms with Gasteiger partial charge in [0.25, 0.3) is 6.71 Å². The first-order valence-corrected chi connectivity index (χ1v) is 30.5. The fourth-order valence-corrected chi connectivity index (χ4v) is 15.7. The summed E-state index contributed by atoms with van der Waals surface area (Å²) in [6.07, 6.45) is 4.46. The van der Waals surface area contributed by atoms with Crippen LogP contribution >= 0.6 is 0 Å². The fraction of sp³-hybridized carbons (Fsp3) is 0.377. The third-order valence-electron chi connectivity index (χ3n) is 20.9. The van der Waals surface area contributed by atoms with Gasteiger partial charge in [-0.1, -0.05) is 200 Å². The highest BCUT2D eigenvalue weighted by Gasteiger charge is 2.60. The molecule has 3 heterocycles. The Hall–Kier alpha value is -6.78. The average Bonchev–Trinajstić information content (AvgIpc) is 1.89. The molecule has 0 radical (unpaired) electrons. The van der Waals surface area contributed by atoms with Gasteiger partial charge in [-0.15, -0.1) is 0 Å². The van der Waals surface area contributed by atoms with Crippen LogP contribution in [0.25, 0.3) is 11.1 Å². The number of hydrogen-bond acceptors (Lipinski definition) is 3. The Labute approximate surface area is 486 Å². The van der Waals surface area contributed by atoms with Crippen LogP contribution in [-0.2, 0) is 44.4 Å². The zero-order valence-corrected chi connectivity index (χ0v) is 52.1. The fourth-order valence-electron chi connectivity index (χ4n) is 15.7. The summed E-state index contributed by atoms with van der Waals surface area (Å²) in [4.78, 5) is 8.25. The molecule has 3 aliphatic heterocycles. The lowest BCUT2D eigenvalue weighted by atomic mass is 9.33. The lowest BCUT2D eigenvalue weighted by Crippen LogP contribution is -2.62. The maximum atomic E-state index is 2.81. The molecule has 2 aliphatic carbocycles. The Balaban J connectivity index is 1.17. The van der Waals surface area contributed by atoms with Gasteiger partial charge in [0.15, 0.2) is 0 Å². The summed E-state index contributed by atoms with van der Waals surface area (Å²) in [6.45, 7) is 43.4. The molecule has 0 bridgehead atoms. The van der Waals surface area contributed by atoms with E-state index in [9.17, 15) is 0 Å². The Bertz CT molecular complexity index is 3930. The van der Waals surface area contributed by atoms with Gasteiger partial charge in [0.05, 0.1) is 11.2 Å². The molecule has 8 aromatic rings. The Morgan fingerprint density at radius 2 is 1.01 bits per heavy atom. The molecule has 8 aromatic carbocycles. The second kappa shape index (κ2) is 17.6. The molecule has 2 atom stereocenters. The minimum absolute atomic E-state index is 0.000551. The Morgan fingerprint density at radius 1 is 0.432 bits per heavy atom. The van der Waals surface area contributed by atoms with E-state index in [1.807, 2.05) is 0 Å². The molecular formula is C77H86BN3. The molecule has 81 heavy (non-hydrogen) atoms. The molecule has 0 aromatic heterocycles. The second-order valence-electron chi connectivity index (χ2n) is 30.2. The van der Waals surface area contributed by atoms with Crippen molar-refractivity contribution < 1.29 is 0 Å². The molecule has 412 valence electrons. The van der Waals surface area contributed by atoms with E-state index in [-0.39, 0.29) is 44.7 Å². The smallest absolute Gasteiger partial charge is 0.252 e. The lowest BCUT2D eigenvalue weighted by Gasteiger charge is -2.51. The highest BCUT2D eigenvalue weighted by molar-refractivity contribution is 7.00. The van der Waals surface area contributed by atoms with Crippen LogP contribution in [0.5, 0.6) is 0 Å². The molecule has 0 N–H and O–H groups in total. The maximum absolute atomic E-state index is 2.81.